The van der Waals surface area contributed by atoms with Crippen LogP contribution in [0.3, 0.4) is 0 Å². The molecule has 0 rings (SSSR count). The van der Waals surface area contributed by atoms with Gasteiger partial charge in [-0.3, -0.25) is 0 Å². The second kappa shape index (κ2) is 9.28. The van der Waals surface area contributed by atoms with Crippen molar-refractivity contribution in [2.45, 2.75) is 0 Å². The van der Waals surface area contributed by atoms with E-state index < -0.39 is 9.17 Å². The molecule has 0 N–H and O–H groups in total. The van der Waals surface area contributed by atoms with Gasteiger partial charge in [0.05, 0.1) is 0 Å². The van der Waals surface area contributed by atoms with E-state index in [0.29, 0.717) is 0 Å². The fourth-order valence-corrected chi connectivity index (χ4v) is 0. The van der Waals surface area contributed by atoms with Gasteiger partial charge in [0, 0.05) is 9.17 Å². The van der Waals surface area contributed by atoms with Crippen molar-refractivity contribution in [1.82, 2.24) is 0 Å². The summed E-state index contributed by atoms with van der Waals surface area (Å²) in [4.78, 5) is 17.0. The van der Waals surface area contributed by atoms with E-state index in [9.17, 15) is 0 Å². The van der Waals surface area contributed by atoms with Crippen LogP contribution in [0.15, 0.2) is 0 Å². The molecule has 0 heterocycles. The second-order valence-corrected chi connectivity index (χ2v) is 0.750. The molecule has 0 atom stereocenters. The zero-order valence-corrected chi connectivity index (χ0v) is 7.40. The van der Waals surface area contributed by atoms with Gasteiger partial charge in [0.1, 0.15) is 0 Å². The van der Waals surface area contributed by atoms with Gasteiger partial charge in [0.2, 0.25) is 0 Å². The van der Waals surface area contributed by atoms with Crippen molar-refractivity contribution in [3.05, 3.63) is 0 Å². The molecule has 0 aromatic heterocycles. The molecular weight excluding hydrogens is 148 g/mol. The Morgan fingerprint density at radius 2 is 1.33 bits per heavy atom. The van der Waals surface area contributed by atoms with Gasteiger partial charge in [-0.05, 0) is 0 Å². The Hall–Kier alpha value is 0.838. The number of hydrogen-bond acceptors (Lipinski definition) is 3. The van der Waals surface area contributed by atoms with Crippen LogP contribution in [-0.4, -0.2) is 9.17 Å². The summed E-state index contributed by atoms with van der Waals surface area (Å²) in [5.41, 5.74) is 0. The molecule has 0 aromatic carbocycles. The molecule has 0 aliphatic heterocycles. The van der Waals surface area contributed by atoms with E-state index in [1.54, 1.807) is 0 Å². The zero-order chi connectivity index (χ0) is 3.58. The quantitative estimate of drug-likeness (QED) is 0.322. The fraction of sp³-hybridized carbons (Fsp3) is 0. The van der Waals surface area contributed by atoms with Crippen molar-refractivity contribution in [1.29, 1.82) is 0 Å². The average molecular weight is 148 g/mol. The monoisotopic (exact) mass is 147 g/mol. The molecule has 0 fully saturated rings. The predicted octanol–water partition coefficient (Wildman–Crippen LogP) is -5.88. The summed E-state index contributed by atoms with van der Waals surface area (Å²) in [5.74, 6) is 0. The molecular formula is LiO3SiZn+. The first kappa shape index (κ1) is 15.8. The normalized spacial score (nSPS) is 4.00. The Morgan fingerprint density at radius 1 is 1.33 bits per heavy atom. The maximum Gasteiger partial charge on any atom is 2.00 e. The molecule has 0 radical (unpaired) electrons. The summed E-state index contributed by atoms with van der Waals surface area (Å²) in [6.07, 6.45) is 0. The molecule has 0 saturated heterocycles. The maximum atomic E-state index is 8.52. The summed E-state index contributed by atoms with van der Waals surface area (Å²) >= 11 is 0. The van der Waals surface area contributed by atoms with Gasteiger partial charge in [-0.1, -0.05) is 0 Å². The van der Waals surface area contributed by atoms with Crippen molar-refractivity contribution in [3.8, 4) is 0 Å². The second-order valence-electron chi connectivity index (χ2n) is 0.250. The SMILES string of the molecule is O=[Si]([O-])[O-].[Li+].[Zn+2]. The fourth-order valence-electron chi connectivity index (χ4n) is 0. The standard InChI is InChI=1S/Li.O3Si.Zn/c;1-4(2)3;/q+1;-2;+2. The van der Waals surface area contributed by atoms with Crippen molar-refractivity contribution >= 4 is 9.17 Å². The molecule has 6 heteroatoms. The van der Waals surface area contributed by atoms with Crippen molar-refractivity contribution in [3.63, 3.8) is 0 Å². The minimum atomic E-state index is -3.63. The molecule has 0 amide bonds. The van der Waals surface area contributed by atoms with Gasteiger partial charge in [-0.25, -0.2) is 0 Å². The predicted molar refractivity (Wildman–Crippen MR) is 6.44 cm³/mol. The Kier molecular flexibility index (Phi) is 24.5. The van der Waals surface area contributed by atoms with E-state index in [-0.39, 0.29) is 38.3 Å². The molecule has 0 bridgehead atoms. The van der Waals surface area contributed by atoms with E-state index in [0.717, 1.165) is 0 Å². The number of rotatable bonds is 0. The molecule has 3 nitrogen and oxygen atoms in total. The minimum absolute atomic E-state index is 0. The molecule has 0 aliphatic carbocycles. The third-order valence-corrected chi connectivity index (χ3v) is 0. The zero-order valence-electron chi connectivity index (χ0n) is 3.43. The largest absolute Gasteiger partial charge is 2.00 e. The van der Waals surface area contributed by atoms with Crippen LogP contribution in [0.2, 0.25) is 0 Å². The van der Waals surface area contributed by atoms with Crippen LogP contribution < -0.4 is 28.5 Å². The van der Waals surface area contributed by atoms with Gasteiger partial charge < -0.3 is 14.1 Å². The van der Waals surface area contributed by atoms with Crippen LogP contribution >= 0.6 is 0 Å². The number of hydrogen-bond donors (Lipinski definition) is 0. The Morgan fingerprint density at radius 3 is 1.33 bits per heavy atom. The summed E-state index contributed by atoms with van der Waals surface area (Å²) in [6, 6.07) is 0. The van der Waals surface area contributed by atoms with Crippen molar-refractivity contribution < 1.29 is 52.4 Å². The third kappa shape index (κ3) is 102. The Balaban J connectivity index is -0.0000000450. The van der Waals surface area contributed by atoms with E-state index in [2.05, 4.69) is 0 Å². The van der Waals surface area contributed by atoms with Gasteiger partial charge in [-0.2, -0.15) is 0 Å². The molecule has 0 aliphatic rings. The summed E-state index contributed by atoms with van der Waals surface area (Å²) in [6.45, 7) is 0. The molecule has 0 saturated carbocycles. The molecule has 0 unspecified atom stereocenters. The molecule has 0 spiro atoms. The van der Waals surface area contributed by atoms with Crippen LogP contribution in [0.25, 0.3) is 0 Å². The first-order valence-corrected chi connectivity index (χ1v) is 1.84. The van der Waals surface area contributed by atoms with Gasteiger partial charge >= 0.3 is 38.3 Å². The topological polar surface area (TPSA) is 63.2 Å². The third-order valence-electron chi connectivity index (χ3n) is 0. The Labute approximate surface area is 61.6 Å². The first-order valence-electron chi connectivity index (χ1n) is 0.612. The molecule has 6 heavy (non-hydrogen) atoms. The smallest absolute Gasteiger partial charge is 0.672 e. The van der Waals surface area contributed by atoms with Gasteiger partial charge in [-0.15, -0.1) is 0 Å². The van der Waals surface area contributed by atoms with Gasteiger partial charge in [0.25, 0.3) is 0 Å². The summed E-state index contributed by atoms with van der Waals surface area (Å²) < 4.78 is 8.52. The summed E-state index contributed by atoms with van der Waals surface area (Å²) in [5, 5.41) is 0. The van der Waals surface area contributed by atoms with Crippen LogP contribution in [0.5, 0.6) is 0 Å². The first-order chi connectivity index (χ1) is 1.73. The van der Waals surface area contributed by atoms with E-state index >= 15 is 0 Å². The minimum Gasteiger partial charge on any atom is -0.672 e. The maximum absolute atomic E-state index is 8.52. The van der Waals surface area contributed by atoms with E-state index in [1.165, 1.54) is 0 Å². The van der Waals surface area contributed by atoms with Crippen LogP contribution in [0.1, 0.15) is 0 Å². The van der Waals surface area contributed by atoms with E-state index in [1.807, 2.05) is 0 Å². The van der Waals surface area contributed by atoms with Crippen LogP contribution in [0.4, 0.5) is 0 Å². The van der Waals surface area contributed by atoms with Crippen molar-refractivity contribution in [2.75, 3.05) is 0 Å². The summed E-state index contributed by atoms with van der Waals surface area (Å²) in [7, 11) is -3.63. The van der Waals surface area contributed by atoms with Crippen LogP contribution in [-0.2, 0) is 23.9 Å². The molecule has 24 valence electrons. The van der Waals surface area contributed by atoms with Gasteiger partial charge in [0.15, 0.2) is 0 Å². The van der Waals surface area contributed by atoms with Crippen molar-refractivity contribution in [2.24, 2.45) is 0 Å². The van der Waals surface area contributed by atoms with E-state index in [4.69, 9.17) is 14.1 Å². The Bertz CT molecular complexity index is 33.8. The molecule has 0 aromatic rings. The van der Waals surface area contributed by atoms with Crippen LogP contribution in [0, 0.1) is 0 Å². The average Bonchev–Trinajstić information content (AvgIpc) is 0.811.